The molecule has 2 rings (SSSR count). The van der Waals surface area contributed by atoms with Crippen molar-refractivity contribution < 1.29 is 24.3 Å². The first-order chi connectivity index (χ1) is 10.9. The first-order valence-corrected chi connectivity index (χ1v) is 8.69. The van der Waals surface area contributed by atoms with Gasteiger partial charge in [-0.25, -0.2) is 0 Å². The van der Waals surface area contributed by atoms with Crippen molar-refractivity contribution in [1.82, 2.24) is 5.32 Å². The molecule has 0 fully saturated rings. The normalized spacial score (nSPS) is 14.2. The highest BCUT2D eigenvalue weighted by molar-refractivity contribution is 7.52. The predicted molar refractivity (Wildman–Crippen MR) is 85.9 cm³/mol. The standard InChI is InChI=1S/C16H18NO5P/c18-16(19)14(11-12-7-3-1-4-8-12)17-15(23(20,21)22)13-9-5-2-6-10-13/h1-10,14-15,17H,11H2,(H,18,19)(H2,20,21,22)/t14-,15+/m0/s1. The fourth-order valence-electron chi connectivity index (χ4n) is 2.28. The van der Waals surface area contributed by atoms with Crippen LogP contribution in [0.3, 0.4) is 0 Å². The number of hydrogen-bond acceptors (Lipinski definition) is 3. The number of carboxylic acid groups (broad SMARTS) is 1. The Bertz CT molecular complexity index is 686. The first-order valence-electron chi connectivity index (χ1n) is 7.01. The van der Waals surface area contributed by atoms with Crippen molar-refractivity contribution in [2.75, 3.05) is 0 Å². The van der Waals surface area contributed by atoms with Crippen molar-refractivity contribution in [2.24, 2.45) is 0 Å². The average Bonchev–Trinajstić information content (AvgIpc) is 2.51. The van der Waals surface area contributed by atoms with Crippen molar-refractivity contribution in [1.29, 1.82) is 0 Å². The van der Waals surface area contributed by atoms with Crippen LogP contribution in [0, 0.1) is 0 Å². The van der Waals surface area contributed by atoms with Gasteiger partial charge in [-0.3, -0.25) is 14.7 Å². The van der Waals surface area contributed by atoms with E-state index in [4.69, 9.17) is 0 Å². The molecule has 23 heavy (non-hydrogen) atoms. The van der Waals surface area contributed by atoms with E-state index < -0.39 is 25.4 Å². The Hall–Kier alpha value is -1.98. The van der Waals surface area contributed by atoms with E-state index in [1.807, 2.05) is 6.07 Å². The molecule has 7 heteroatoms. The molecule has 2 aromatic rings. The van der Waals surface area contributed by atoms with Gasteiger partial charge in [-0.05, 0) is 17.5 Å². The average molecular weight is 335 g/mol. The Morgan fingerprint density at radius 3 is 2.00 bits per heavy atom. The van der Waals surface area contributed by atoms with Gasteiger partial charge in [0, 0.05) is 0 Å². The first kappa shape index (κ1) is 17.4. The summed E-state index contributed by atoms with van der Waals surface area (Å²) in [6.07, 6.45) is 0.125. The van der Waals surface area contributed by atoms with Crippen molar-refractivity contribution in [3.63, 3.8) is 0 Å². The molecule has 0 bridgehead atoms. The summed E-state index contributed by atoms with van der Waals surface area (Å²) < 4.78 is 11.8. The van der Waals surface area contributed by atoms with Gasteiger partial charge < -0.3 is 14.9 Å². The third-order valence-corrected chi connectivity index (χ3v) is 4.51. The van der Waals surface area contributed by atoms with Crippen molar-refractivity contribution >= 4 is 13.6 Å². The van der Waals surface area contributed by atoms with Crippen LogP contribution in [0.1, 0.15) is 16.9 Å². The molecule has 0 spiro atoms. The zero-order valence-electron chi connectivity index (χ0n) is 12.2. The fourth-order valence-corrected chi connectivity index (χ4v) is 3.22. The number of carbonyl (C=O) groups is 1. The summed E-state index contributed by atoms with van der Waals surface area (Å²) in [7, 11) is -4.57. The summed E-state index contributed by atoms with van der Waals surface area (Å²) in [5.41, 5.74) is 1.12. The van der Waals surface area contributed by atoms with E-state index in [-0.39, 0.29) is 6.42 Å². The molecule has 0 saturated heterocycles. The SMILES string of the molecule is O=C(O)[C@H](Cc1ccccc1)N[C@@H](c1ccccc1)P(=O)(O)O. The van der Waals surface area contributed by atoms with E-state index in [1.165, 1.54) is 0 Å². The molecule has 0 heterocycles. The van der Waals surface area contributed by atoms with E-state index in [0.717, 1.165) is 5.56 Å². The molecule has 0 unspecified atom stereocenters. The highest BCUT2D eigenvalue weighted by Crippen LogP contribution is 2.50. The number of hydrogen-bond donors (Lipinski definition) is 4. The second kappa shape index (κ2) is 7.53. The zero-order valence-corrected chi connectivity index (χ0v) is 13.1. The lowest BCUT2D eigenvalue weighted by Gasteiger charge is -2.24. The summed E-state index contributed by atoms with van der Waals surface area (Å²) in [6, 6.07) is 15.9. The number of rotatable bonds is 7. The molecule has 0 aliphatic heterocycles. The Balaban J connectivity index is 2.25. The maximum absolute atomic E-state index is 11.8. The zero-order chi connectivity index (χ0) is 16.9. The maximum Gasteiger partial charge on any atom is 0.346 e. The van der Waals surface area contributed by atoms with Crippen LogP contribution in [0.5, 0.6) is 0 Å². The molecular formula is C16H18NO5P. The number of aliphatic carboxylic acids is 1. The van der Waals surface area contributed by atoms with E-state index in [9.17, 15) is 24.3 Å². The van der Waals surface area contributed by atoms with Gasteiger partial charge in [0.25, 0.3) is 0 Å². The van der Waals surface area contributed by atoms with Crippen LogP contribution in [0.2, 0.25) is 0 Å². The topological polar surface area (TPSA) is 107 Å². The number of carboxylic acids is 1. The molecule has 6 nitrogen and oxygen atoms in total. The quantitative estimate of drug-likeness (QED) is 0.578. The Kier molecular flexibility index (Phi) is 5.69. The van der Waals surface area contributed by atoms with Gasteiger partial charge in [-0.2, -0.15) is 0 Å². The summed E-state index contributed by atoms with van der Waals surface area (Å²) >= 11 is 0. The summed E-state index contributed by atoms with van der Waals surface area (Å²) in [4.78, 5) is 30.6. The molecule has 0 aliphatic rings. The summed E-state index contributed by atoms with van der Waals surface area (Å²) in [5, 5.41) is 12.0. The van der Waals surface area contributed by atoms with Gasteiger partial charge in [0.15, 0.2) is 0 Å². The second-order valence-electron chi connectivity index (χ2n) is 5.15. The van der Waals surface area contributed by atoms with Gasteiger partial charge in [-0.15, -0.1) is 0 Å². The summed E-state index contributed by atoms with van der Waals surface area (Å²) in [5.74, 6) is -2.53. The molecule has 2 atom stereocenters. The van der Waals surface area contributed by atoms with Crippen molar-refractivity contribution in [3.8, 4) is 0 Å². The van der Waals surface area contributed by atoms with Crippen LogP contribution >= 0.6 is 7.60 Å². The molecule has 0 radical (unpaired) electrons. The monoisotopic (exact) mass is 335 g/mol. The highest BCUT2D eigenvalue weighted by Gasteiger charge is 2.34. The smallest absolute Gasteiger partial charge is 0.346 e. The minimum absolute atomic E-state index is 0.125. The second-order valence-corrected chi connectivity index (χ2v) is 6.84. The molecule has 0 aliphatic carbocycles. The van der Waals surface area contributed by atoms with Gasteiger partial charge >= 0.3 is 13.6 Å². The van der Waals surface area contributed by atoms with E-state index >= 15 is 0 Å². The molecule has 4 N–H and O–H groups in total. The molecule has 122 valence electrons. The Morgan fingerprint density at radius 1 is 1.00 bits per heavy atom. The van der Waals surface area contributed by atoms with Crippen LogP contribution in [-0.4, -0.2) is 26.9 Å². The van der Waals surface area contributed by atoms with Gasteiger partial charge in [0.2, 0.25) is 0 Å². The lowest BCUT2D eigenvalue weighted by atomic mass is 10.1. The summed E-state index contributed by atoms with van der Waals surface area (Å²) in [6.45, 7) is 0. The third kappa shape index (κ3) is 5.01. The van der Waals surface area contributed by atoms with Crippen LogP contribution in [0.4, 0.5) is 0 Å². The van der Waals surface area contributed by atoms with E-state index in [1.54, 1.807) is 54.6 Å². The molecular weight excluding hydrogens is 317 g/mol. The van der Waals surface area contributed by atoms with Crippen molar-refractivity contribution in [3.05, 3.63) is 71.8 Å². The van der Waals surface area contributed by atoms with Crippen LogP contribution in [0.15, 0.2) is 60.7 Å². The third-order valence-electron chi connectivity index (χ3n) is 3.39. The fraction of sp³-hybridized carbons (Fsp3) is 0.188. The minimum Gasteiger partial charge on any atom is -0.480 e. The van der Waals surface area contributed by atoms with E-state index in [2.05, 4.69) is 5.32 Å². The number of benzene rings is 2. The number of nitrogens with one attached hydrogen (secondary N) is 1. The van der Waals surface area contributed by atoms with Gasteiger partial charge in [0.1, 0.15) is 11.8 Å². The minimum atomic E-state index is -4.57. The largest absolute Gasteiger partial charge is 0.480 e. The lowest BCUT2D eigenvalue weighted by molar-refractivity contribution is -0.139. The predicted octanol–water partition coefficient (Wildman–Crippen LogP) is 2.15. The van der Waals surface area contributed by atoms with Gasteiger partial charge in [-0.1, -0.05) is 60.7 Å². The Morgan fingerprint density at radius 2 is 1.52 bits per heavy atom. The van der Waals surface area contributed by atoms with E-state index in [0.29, 0.717) is 5.56 Å². The van der Waals surface area contributed by atoms with Gasteiger partial charge in [0.05, 0.1) is 0 Å². The highest BCUT2D eigenvalue weighted by atomic mass is 31.2. The molecule has 0 aromatic heterocycles. The molecule has 0 amide bonds. The van der Waals surface area contributed by atoms with Crippen molar-refractivity contribution in [2.45, 2.75) is 18.2 Å². The maximum atomic E-state index is 11.8. The van der Waals surface area contributed by atoms with Crippen LogP contribution in [0.25, 0.3) is 0 Å². The molecule has 2 aromatic carbocycles. The lowest BCUT2D eigenvalue weighted by Crippen LogP contribution is -2.40. The van der Waals surface area contributed by atoms with Crippen LogP contribution in [-0.2, 0) is 15.8 Å². The van der Waals surface area contributed by atoms with Crippen LogP contribution < -0.4 is 5.32 Å². The molecule has 0 saturated carbocycles. The Labute approximate surface area is 134 Å².